The lowest BCUT2D eigenvalue weighted by Gasteiger charge is -2.37. The molecule has 3 heterocycles. The molecule has 0 radical (unpaired) electrons. The average Bonchev–Trinajstić information content (AvgIpc) is 3.37. The van der Waals surface area contributed by atoms with Gasteiger partial charge in [0.05, 0.1) is 24.1 Å². The molecule has 2 aliphatic heterocycles. The van der Waals surface area contributed by atoms with Gasteiger partial charge in [-0.2, -0.15) is 0 Å². The SMILES string of the molecule is O=C(CN1CCN(C2CCS(=O)(=O)C2)CC1)NC(c1ccc(F)cc1)c1cccs1. The van der Waals surface area contributed by atoms with Crippen LogP contribution in [0.1, 0.15) is 22.9 Å². The Hall–Kier alpha value is -1.81. The van der Waals surface area contributed by atoms with Crippen molar-refractivity contribution in [2.75, 3.05) is 44.2 Å². The maximum Gasteiger partial charge on any atom is 0.234 e. The van der Waals surface area contributed by atoms with Gasteiger partial charge in [0.2, 0.25) is 5.91 Å². The molecule has 1 aromatic heterocycles. The van der Waals surface area contributed by atoms with Crippen LogP contribution < -0.4 is 5.32 Å². The number of thiophene rings is 1. The Balaban J connectivity index is 1.33. The molecule has 2 aromatic rings. The van der Waals surface area contributed by atoms with Gasteiger partial charge in [0.15, 0.2) is 9.84 Å². The Labute approximate surface area is 180 Å². The Morgan fingerprint density at radius 2 is 1.90 bits per heavy atom. The lowest BCUT2D eigenvalue weighted by Crippen LogP contribution is -2.52. The fourth-order valence-corrected chi connectivity index (χ4v) is 6.75. The maximum absolute atomic E-state index is 13.3. The van der Waals surface area contributed by atoms with Gasteiger partial charge in [0.1, 0.15) is 5.82 Å². The molecule has 2 unspecified atom stereocenters. The third kappa shape index (κ3) is 5.26. The number of nitrogens with zero attached hydrogens (tertiary/aromatic N) is 2. The number of carbonyl (C=O) groups excluding carboxylic acids is 1. The normalized spacial score (nSPS) is 23.3. The molecule has 2 aliphatic rings. The number of halogens is 1. The number of nitrogens with one attached hydrogen (secondary N) is 1. The van der Waals surface area contributed by atoms with Crippen molar-refractivity contribution in [2.24, 2.45) is 0 Å². The first-order chi connectivity index (χ1) is 14.4. The molecule has 6 nitrogen and oxygen atoms in total. The zero-order chi connectivity index (χ0) is 21.1. The van der Waals surface area contributed by atoms with Crippen LogP contribution in [0.5, 0.6) is 0 Å². The molecular formula is C21H26FN3O3S2. The van der Waals surface area contributed by atoms with Crippen LogP contribution in [-0.2, 0) is 14.6 Å². The molecule has 1 amide bonds. The van der Waals surface area contributed by atoms with E-state index in [0.29, 0.717) is 13.0 Å². The summed E-state index contributed by atoms with van der Waals surface area (Å²) < 4.78 is 36.8. The first-order valence-corrected chi connectivity index (χ1v) is 12.8. The van der Waals surface area contributed by atoms with Crippen molar-refractivity contribution >= 4 is 27.1 Å². The summed E-state index contributed by atoms with van der Waals surface area (Å²) in [5.41, 5.74) is 0.847. The summed E-state index contributed by atoms with van der Waals surface area (Å²) in [5.74, 6) is 0.166. The van der Waals surface area contributed by atoms with Crippen molar-refractivity contribution in [3.63, 3.8) is 0 Å². The van der Waals surface area contributed by atoms with E-state index in [1.54, 1.807) is 23.5 Å². The molecule has 0 aliphatic carbocycles. The molecule has 9 heteroatoms. The van der Waals surface area contributed by atoms with Crippen molar-refractivity contribution in [1.29, 1.82) is 0 Å². The van der Waals surface area contributed by atoms with Gasteiger partial charge in [-0.1, -0.05) is 18.2 Å². The van der Waals surface area contributed by atoms with E-state index in [1.165, 1.54) is 12.1 Å². The van der Waals surface area contributed by atoms with Crippen LogP contribution >= 0.6 is 11.3 Å². The standard InChI is InChI=1S/C21H26FN3O3S2/c22-17-5-3-16(4-6-17)21(19-2-1-12-29-19)23-20(26)14-24-8-10-25(11-9-24)18-7-13-30(27,28)15-18/h1-6,12,18,21H,7-11,13-15H2,(H,23,26). The summed E-state index contributed by atoms with van der Waals surface area (Å²) in [6.07, 6.45) is 0.711. The van der Waals surface area contributed by atoms with Gasteiger partial charge in [0, 0.05) is 37.1 Å². The molecule has 2 fully saturated rings. The zero-order valence-corrected chi connectivity index (χ0v) is 18.3. The van der Waals surface area contributed by atoms with Gasteiger partial charge in [-0.15, -0.1) is 11.3 Å². The van der Waals surface area contributed by atoms with Crippen LogP contribution in [0.3, 0.4) is 0 Å². The molecule has 2 saturated heterocycles. The first-order valence-electron chi connectivity index (χ1n) is 10.1. The van der Waals surface area contributed by atoms with Gasteiger partial charge in [0.25, 0.3) is 0 Å². The topological polar surface area (TPSA) is 69.7 Å². The van der Waals surface area contributed by atoms with E-state index in [9.17, 15) is 17.6 Å². The predicted octanol–water partition coefficient (Wildman–Crippen LogP) is 1.90. The molecule has 1 aromatic carbocycles. The molecule has 1 N–H and O–H groups in total. The van der Waals surface area contributed by atoms with Gasteiger partial charge >= 0.3 is 0 Å². The summed E-state index contributed by atoms with van der Waals surface area (Å²) in [5, 5.41) is 5.05. The highest BCUT2D eigenvalue weighted by molar-refractivity contribution is 7.91. The Kier molecular flexibility index (Phi) is 6.52. The second-order valence-corrected chi connectivity index (χ2v) is 11.1. The molecule has 0 bridgehead atoms. The molecule has 2 atom stereocenters. The lowest BCUT2D eigenvalue weighted by atomic mass is 10.1. The highest BCUT2D eigenvalue weighted by atomic mass is 32.2. The van der Waals surface area contributed by atoms with Gasteiger partial charge in [-0.25, -0.2) is 12.8 Å². The zero-order valence-electron chi connectivity index (χ0n) is 16.7. The van der Waals surface area contributed by atoms with E-state index in [2.05, 4.69) is 15.1 Å². The van der Waals surface area contributed by atoms with E-state index in [-0.39, 0.29) is 35.3 Å². The quantitative estimate of drug-likeness (QED) is 0.727. The first kappa shape index (κ1) is 21.4. The smallest absolute Gasteiger partial charge is 0.234 e. The largest absolute Gasteiger partial charge is 0.343 e. The number of benzene rings is 1. The third-order valence-corrected chi connectivity index (χ3v) is 8.52. The molecule has 0 spiro atoms. The summed E-state index contributed by atoms with van der Waals surface area (Å²) in [6.45, 7) is 3.33. The molecular weight excluding hydrogens is 425 g/mol. The minimum atomic E-state index is -2.88. The summed E-state index contributed by atoms with van der Waals surface area (Å²) in [7, 11) is -2.88. The van der Waals surface area contributed by atoms with Gasteiger partial charge in [-0.05, 0) is 35.6 Å². The van der Waals surface area contributed by atoms with E-state index in [0.717, 1.165) is 36.6 Å². The van der Waals surface area contributed by atoms with E-state index in [1.807, 2.05) is 17.5 Å². The van der Waals surface area contributed by atoms with Crippen molar-refractivity contribution in [3.05, 3.63) is 58.0 Å². The fraction of sp³-hybridized carbons (Fsp3) is 0.476. The highest BCUT2D eigenvalue weighted by Gasteiger charge is 2.34. The molecule has 162 valence electrons. The van der Waals surface area contributed by atoms with Crippen LogP contribution in [0, 0.1) is 5.82 Å². The fourth-order valence-electron chi connectivity index (χ4n) is 4.19. The number of amides is 1. The number of sulfone groups is 1. The monoisotopic (exact) mass is 451 g/mol. The van der Waals surface area contributed by atoms with Crippen LogP contribution in [0.15, 0.2) is 41.8 Å². The minimum absolute atomic E-state index is 0.0744. The number of hydrogen-bond acceptors (Lipinski definition) is 6. The minimum Gasteiger partial charge on any atom is -0.343 e. The molecule has 0 saturated carbocycles. The van der Waals surface area contributed by atoms with E-state index < -0.39 is 9.84 Å². The number of rotatable bonds is 6. The Morgan fingerprint density at radius 3 is 2.50 bits per heavy atom. The van der Waals surface area contributed by atoms with Crippen LogP contribution in [0.25, 0.3) is 0 Å². The van der Waals surface area contributed by atoms with Crippen molar-refractivity contribution in [1.82, 2.24) is 15.1 Å². The second kappa shape index (κ2) is 9.13. The molecule has 4 rings (SSSR count). The number of piperazine rings is 1. The summed E-state index contributed by atoms with van der Waals surface area (Å²) in [6, 6.07) is 9.94. The van der Waals surface area contributed by atoms with Gasteiger partial charge in [-0.3, -0.25) is 14.6 Å². The summed E-state index contributed by atoms with van der Waals surface area (Å²) in [4.78, 5) is 18.1. The van der Waals surface area contributed by atoms with Crippen LogP contribution in [0.2, 0.25) is 0 Å². The van der Waals surface area contributed by atoms with Crippen LogP contribution in [-0.4, -0.2) is 74.4 Å². The van der Waals surface area contributed by atoms with Crippen molar-refractivity contribution in [3.8, 4) is 0 Å². The van der Waals surface area contributed by atoms with Crippen LogP contribution in [0.4, 0.5) is 4.39 Å². The second-order valence-electron chi connectivity index (χ2n) is 7.94. The number of carbonyl (C=O) groups is 1. The lowest BCUT2D eigenvalue weighted by molar-refractivity contribution is -0.123. The average molecular weight is 452 g/mol. The summed E-state index contributed by atoms with van der Waals surface area (Å²) >= 11 is 1.55. The highest BCUT2D eigenvalue weighted by Crippen LogP contribution is 2.26. The van der Waals surface area contributed by atoms with E-state index >= 15 is 0 Å². The van der Waals surface area contributed by atoms with Crippen molar-refractivity contribution < 1.29 is 17.6 Å². The van der Waals surface area contributed by atoms with E-state index in [4.69, 9.17) is 0 Å². The molecule has 30 heavy (non-hydrogen) atoms. The number of hydrogen-bond donors (Lipinski definition) is 1. The Bertz CT molecular complexity index is 956. The third-order valence-electron chi connectivity index (χ3n) is 5.84. The van der Waals surface area contributed by atoms with Crippen molar-refractivity contribution in [2.45, 2.75) is 18.5 Å². The predicted molar refractivity (Wildman–Crippen MR) is 116 cm³/mol. The van der Waals surface area contributed by atoms with Gasteiger partial charge < -0.3 is 5.32 Å². The maximum atomic E-state index is 13.3. The Morgan fingerprint density at radius 1 is 1.17 bits per heavy atom.